The number of aromatic nitrogens is 1. The summed E-state index contributed by atoms with van der Waals surface area (Å²) in [5, 5.41) is 3.22. The van der Waals surface area contributed by atoms with Crippen LogP contribution in [0, 0.1) is 6.92 Å². The summed E-state index contributed by atoms with van der Waals surface area (Å²) in [7, 11) is -3.24. The van der Waals surface area contributed by atoms with Gasteiger partial charge in [0.05, 0.1) is 10.6 Å². The van der Waals surface area contributed by atoms with Gasteiger partial charge in [0, 0.05) is 25.0 Å². The summed E-state index contributed by atoms with van der Waals surface area (Å²) in [6.45, 7) is 4.49. The van der Waals surface area contributed by atoms with Crippen molar-refractivity contribution in [1.29, 1.82) is 0 Å². The van der Waals surface area contributed by atoms with E-state index in [1.165, 1.54) is 0 Å². The molecule has 0 aliphatic heterocycles. The predicted molar refractivity (Wildman–Crippen MR) is 80.3 cm³/mol. The minimum absolute atomic E-state index is 0.0977. The molecule has 0 saturated heterocycles. The number of sulfone groups is 1. The zero-order valence-electron chi connectivity index (χ0n) is 11.8. The molecule has 0 radical (unpaired) electrons. The van der Waals surface area contributed by atoms with Crippen molar-refractivity contribution >= 4 is 9.84 Å². The molecule has 1 heterocycles. The maximum absolute atomic E-state index is 12.3. The summed E-state index contributed by atoms with van der Waals surface area (Å²) >= 11 is 0. The van der Waals surface area contributed by atoms with Crippen LogP contribution in [-0.4, -0.2) is 25.2 Å². The van der Waals surface area contributed by atoms with Crippen LogP contribution in [0.1, 0.15) is 18.1 Å². The molecule has 1 atom stereocenters. The third-order valence-corrected chi connectivity index (χ3v) is 5.10. The van der Waals surface area contributed by atoms with Gasteiger partial charge in [-0.2, -0.15) is 0 Å². The first-order valence-corrected chi connectivity index (χ1v) is 8.27. The van der Waals surface area contributed by atoms with E-state index >= 15 is 0 Å². The molecule has 0 fully saturated rings. The van der Waals surface area contributed by atoms with Crippen molar-refractivity contribution in [2.45, 2.75) is 31.3 Å². The summed E-state index contributed by atoms with van der Waals surface area (Å²) in [5.41, 5.74) is 2.17. The fraction of sp³-hybridized carbons (Fsp3) is 0.333. The van der Waals surface area contributed by atoms with E-state index in [1.54, 1.807) is 12.1 Å². The molecule has 108 valence electrons. The lowest BCUT2D eigenvalue weighted by atomic mass is 10.2. The number of aromatic amines is 1. The van der Waals surface area contributed by atoms with E-state index in [0.717, 1.165) is 11.1 Å². The largest absolute Gasteiger partial charge is 0.367 e. The third kappa shape index (κ3) is 3.95. The molecule has 1 unspecified atom stereocenters. The first-order valence-electron chi connectivity index (χ1n) is 6.62. The number of nitrogens with one attached hydrogen (secondary N) is 2. The molecule has 0 saturated carbocycles. The van der Waals surface area contributed by atoms with E-state index in [2.05, 4.69) is 10.3 Å². The van der Waals surface area contributed by atoms with Crippen LogP contribution in [0.4, 0.5) is 0 Å². The van der Waals surface area contributed by atoms with Gasteiger partial charge in [-0.1, -0.05) is 17.7 Å². The van der Waals surface area contributed by atoms with Crippen molar-refractivity contribution in [2.24, 2.45) is 0 Å². The van der Waals surface area contributed by atoms with Crippen LogP contribution < -0.4 is 5.32 Å². The first kappa shape index (κ1) is 14.8. The number of hydrogen-bond donors (Lipinski definition) is 2. The topological polar surface area (TPSA) is 62.0 Å². The zero-order chi connectivity index (χ0) is 14.6. The second-order valence-electron chi connectivity index (χ2n) is 5.10. The van der Waals surface area contributed by atoms with E-state index in [4.69, 9.17) is 0 Å². The lowest BCUT2D eigenvalue weighted by Crippen LogP contribution is -2.32. The van der Waals surface area contributed by atoms with Gasteiger partial charge in [-0.3, -0.25) is 0 Å². The van der Waals surface area contributed by atoms with Crippen LogP contribution in [0.15, 0.2) is 47.6 Å². The van der Waals surface area contributed by atoms with Gasteiger partial charge in [-0.15, -0.1) is 0 Å². The number of H-pyrrole nitrogens is 1. The highest BCUT2D eigenvalue weighted by molar-refractivity contribution is 7.91. The van der Waals surface area contributed by atoms with Crippen molar-refractivity contribution in [2.75, 3.05) is 5.75 Å². The van der Waals surface area contributed by atoms with Gasteiger partial charge in [0.25, 0.3) is 0 Å². The predicted octanol–water partition coefficient (Wildman–Crippen LogP) is 2.28. The van der Waals surface area contributed by atoms with Crippen LogP contribution in [-0.2, 0) is 16.4 Å². The second kappa shape index (κ2) is 6.24. The van der Waals surface area contributed by atoms with Crippen LogP contribution in [0.25, 0.3) is 0 Å². The van der Waals surface area contributed by atoms with Gasteiger partial charge in [0.2, 0.25) is 0 Å². The van der Waals surface area contributed by atoms with E-state index in [9.17, 15) is 8.42 Å². The molecule has 2 aromatic rings. The highest BCUT2D eigenvalue weighted by atomic mass is 32.2. The standard InChI is InChI=1S/C15H20N2O2S/c1-12-3-5-15(6-4-12)20(18,19)11-13(2)17-10-14-7-8-16-9-14/h3-9,13,16-17H,10-11H2,1-2H3. The molecule has 2 rings (SSSR count). The lowest BCUT2D eigenvalue weighted by molar-refractivity contribution is 0.556. The van der Waals surface area contributed by atoms with Crippen LogP contribution in [0.3, 0.4) is 0 Å². The third-order valence-electron chi connectivity index (χ3n) is 3.17. The minimum Gasteiger partial charge on any atom is -0.367 e. The highest BCUT2D eigenvalue weighted by Crippen LogP contribution is 2.13. The van der Waals surface area contributed by atoms with Crippen molar-refractivity contribution in [3.63, 3.8) is 0 Å². The quantitative estimate of drug-likeness (QED) is 0.858. The minimum atomic E-state index is -3.24. The molecular formula is C15H20N2O2S. The smallest absolute Gasteiger partial charge is 0.179 e. The van der Waals surface area contributed by atoms with E-state index < -0.39 is 9.84 Å². The van der Waals surface area contributed by atoms with Gasteiger partial charge in [-0.25, -0.2) is 8.42 Å². The van der Waals surface area contributed by atoms with E-state index in [0.29, 0.717) is 11.4 Å². The monoisotopic (exact) mass is 292 g/mol. The number of aryl methyl sites for hydroxylation is 1. The molecule has 0 aliphatic carbocycles. The van der Waals surface area contributed by atoms with Gasteiger partial charge in [0.1, 0.15) is 0 Å². The summed E-state index contributed by atoms with van der Waals surface area (Å²) in [4.78, 5) is 3.36. The summed E-state index contributed by atoms with van der Waals surface area (Å²) in [6.07, 6.45) is 3.75. The molecule has 0 aliphatic rings. The molecule has 4 nitrogen and oxygen atoms in total. The summed E-state index contributed by atoms with van der Waals surface area (Å²) < 4.78 is 24.5. The van der Waals surface area contributed by atoms with Gasteiger partial charge in [0.15, 0.2) is 9.84 Å². The summed E-state index contributed by atoms with van der Waals surface area (Å²) in [6, 6.07) is 8.85. The normalized spacial score (nSPS) is 13.3. The van der Waals surface area contributed by atoms with E-state index in [1.807, 2.05) is 44.4 Å². The Hall–Kier alpha value is -1.59. The second-order valence-corrected chi connectivity index (χ2v) is 7.13. The Balaban J connectivity index is 1.95. The zero-order valence-corrected chi connectivity index (χ0v) is 12.6. The Labute approximate surface area is 120 Å². The van der Waals surface area contributed by atoms with Crippen molar-refractivity contribution in [3.05, 3.63) is 53.9 Å². The highest BCUT2D eigenvalue weighted by Gasteiger charge is 2.18. The Morgan fingerprint density at radius 1 is 1.20 bits per heavy atom. The molecule has 2 N–H and O–H groups in total. The molecule has 0 bridgehead atoms. The maximum atomic E-state index is 12.3. The SMILES string of the molecule is Cc1ccc(S(=O)(=O)CC(C)NCc2cc[nH]c2)cc1. The molecule has 5 heteroatoms. The molecule has 1 aromatic carbocycles. The number of benzene rings is 1. The Morgan fingerprint density at radius 3 is 2.50 bits per heavy atom. The molecule has 0 amide bonds. The lowest BCUT2D eigenvalue weighted by Gasteiger charge is -2.14. The fourth-order valence-corrected chi connectivity index (χ4v) is 3.51. The Kier molecular flexibility index (Phi) is 4.62. The first-order chi connectivity index (χ1) is 9.47. The van der Waals surface area contributed by atoms with E-state index in [-0.39, 0.29) is 11.8 Å². The van der Waals surface area contributed by atoms with Crippen LogP contribution in [0.2, 0.25) is 0 Å². The molecule has 0 spiro atoms. The van der Waals surface area contributed by atoms with Crippen molar-refractivity contribution in [3.8, 4) is 0 Å². The van der Waals surface area contributed by atoms with Crippen LogP contribution in [0.5, 0.6) is 0 Å². The fourth-order valence-electron chi connectivity index (χ4n) is 1.99. The van der Waals surface area contributed by atoms with Gasteiger partial charge >= 0.3 is 0 Å². The number of rotatable bonds is 6. The Bertz CT molecular complexity index is 631. The molecule has 1 aromatic heterocycles. The van der Waals surface area contributed by atoms with Crippen LogP contribution >= 0.6 is 0 Å². The summed E-state index contributed by atoms with van der Waals surface area (Å²) in [5.74, 6) is 0.0977. The average molecular weight is 292 g/mol. The maximum Gasteiger partial charge on any atom is 0.179 e. The van der Waals surface area contributed by atoms with Crippen molar-refractivity contribution < 1.29 is 8.42 Å². The molecular weight excluding hydrogens is 272 g/mol. The van der Waals surface area contributed by atoms with Crippen molar-refractivity contribution in [1.82, 2.24) is 10.3 Å². The molecule has 20 heavy (non-hydrogen) atoms. The van der Waals surface area contributed by atoms with Gasteiger partial charge < -0.3 is 10.3 Å². The van der Waals surface area contributed by atoms with Gasteiger partial charge in [-0.05, 0) is 37.6 Å². The Morgan fingerprint density at radius 2 is 1.90 bits per heavy atom. The number of hydrogen-bond acceptors (Lipinski definition) is 3. The average Bonchev–Trinajstić information content (AvgIpc) is 2.89.